The van der Waals surface area contributed by atoms with Crippen LogP contribution in [0.15, 0.2) is 114 Å². The summed E-state index contributed by atoms with van der Waals surface area (Å²) >= 11 is 6.26. The molecule has 0 bridgehead atoms. The maximum Gasteiger partial charge on any atom is 0.264 e. The molecule has 0 aliphatic rings. The van der Waals surface area contributed by atoms with Crippen molar-refractivity contribution in [2.24, 2.45) is 0 Å². The number of anilines is 1. The smallest absolute Gasteiger partial charge is 0.264 e. The van der Waals surface area contributed by atoms with Crippen molar-refractivity contribution in [3.63, 3.8) is 0 Å². The first-order valence-corrected chi connectivity index (χ1v) is 15.5. The Morgan fingerprint density at radius 2 is 1.45 bits per heavy atom. The van der Waals surface area contributed by atoms with E-state index in [4.69, 9.17) is 11.6 Å². The molecular weight excluding hydrogens is 570 g/mol. The highest BCUT2D eigenvalue weighted by Gasteiger charge is 2.34. The molecule has 1 N–H and O–H groups in total. The summed E-state index contributed by atoms with van der Waals surface area (Å²) in [6.07, 6.45) is 0.257. The van der Waals surface area contributed by atoms with Gasteiger partial charge in [0.25, 0.3) is 10.0 Å². The zero-order chi connectivity index (χ0) is 30.1. The van der Waals surface area contributed by atoms with Crippen molar-refractivity contribution >= 4 is 39.1 Å². The first-order chi connectivity index (χ1) is 20.2. The quantitative estimate of drug-likeness (QED) is 0.228. The molecule has 0 aromatic heterocycles. The topological polar surface area (TPSA) is 86.8 Å². The average Bonchev–Trinajstić information content (AvgIpc) is 2.99. The number of sulfonamides is 1. The third-order valence-corrected chi connectivity index (χ3v) is 8.83. The molecule has 0 radical (unpaired) electrons. The average molecular weight is 604 g/mol. The van der Waals surface area contributed by atoms with Crippen molar-refractivity contribution in [1.29, 1.82) is 0 Å². The summed E-state index contributed by atoms with van der Waals surface area (Å²) in [5.41, 5.74) is 2.83. The van der Waals surface area contributed by atoms with Gasteiger partial charge in [0.1, 0.15) is 12.6 Å². The molecule has 218 valence electrons. The molecule has 0 unspecified atom stereocenters. The summed E-state index contributed by atoms with van der Waals surface area (Å²) in [6, 6.07) is 30.7. The number of carbonyl (C=O) groups is 2. The minimum Gasteiger partial charge on any atom is -0.355 e. The molecule has 0 spiro atoms. The number of aryl methyl sites for hydroxylation is 1. The summed E-state index contributed by atoms with van der Waals surface area (Å²) in [7, 11) is -4.18. The first kappa shape index (κ1) is 30.8. The highest BCUT2D eigenvalue weighted by atomic mass is 35.5. The van der Waals surface area contributed by atoms with Crippen LogP contribution in [0.1, 0.15) is 23.6 Å². The van der Waals surface area contributed by atoms with Crippen LogP contribution in [0.2, 0.25) is 5.02 Å². The molecule has 0 saturated carbocycles. The van der Waals surface area contributed by atoms with Crippen LogP contribution >= 0.6 is 11.6 Å². The van der Waals surface area contributed by atoms with Gasteiger partial charge in [0.05, 0.1) is 10.6 Å². The molecule has 0 aliphatic carbocycles. The number of amides is 2. The van der Waals surface area contributed by atoms with Crippen LogP contribution in [-0.4, -0.2) is 44.3 Å². The van der Waals surface area contributed by atoms with E-state index in [-0.39, 0.29) is 29.5 Å². The molecule has 4 aromatic carbocycles. The van der Waals surface area contributed by atoms with Crippen LogP contribution in [0, 0.1) is 6.92 Å². The number of rotatable bonds is 12. The van der Waals surface area contributed by atoms with Crippen LogP contribution in [0.5, 0.6) is 0 Å². The number of hydrogen-bond donors (Lipinski definition) is 1. The predicted molar refractivity (Wildman–Crippen MR) is 167 cm³/mol. The van der Waals surface area contributed by atoms with Crippen molar-refractivity contribution in [3.8, 4) is 0 Å². The number of nitrogens with one attached hydrogen (secondary N) is 1. The second-order valence-electron chi connectivity index (χ2n) is 9.91. The predicted octanol–water partition coefficient (Wildman–Crippen LogP) is 5.62. The van der Waals surface area contributed by atoms with E-state index < -0.39 is 28.5 Å². The Morgan fingerprint density at radius 1 is 0.833 bits per heavy atom. The Labute approximate surface area is 252 Å². The van der Waals surface area contributed by atoms with Gasteiger partial charge in [0, 0.05) is 24.5 Å². The minimum atomic E-state index is -4.18. The van der Waals surface area contributed by atoms with Crippen molar-refractivity contribution in [1.82, 2.24) is 10.2 Å². The SMILES string of the molecule is CCNC(=O)[C@@H](Cc1ccccc1)N(Cc1ccccc1)C(=O)CN(c1cccc(Cl)c1)S(=O)(=O)c1ccc(C)cc1. The van der Waals surface area contributed by atoms with Gasteiger partial charge < -0.3 is 10.2 Å². The maximum atomic E-state index is 14.3. The lowest BCUT2D eigenvalue weighted by Crippen LogP contribution is -2.53. The van der Waals surface area contributed by atoms with Gasteiger partial charge in [0.15, 0.2) is 0 Å². The third-order valence-electron chi connectivity index (χ3n) is 6.80. The summed E-state index contributed by atoms with van der Waals surface area (Å²) in [6.45, 7) is 3.64. The Hall–Kier alpha value is -4.14. The second kappa shape index (κ2) is 14.2. The molecule has 7 nitrogen and oxygen atoms in total. The maximum absolute atomic E-state index is 14.3. The lowest BCUT2D eigenvalue weighted by Gasteiger charge is -2.33. The number of benzene rings is 4. The molecule has 2 amide bonds. The Bertz CT molecular complexity index is 1600. The number of hydrogen-bond acceptors (Lipinski definition) is 4. The van der Waals surface area contributed by atoms with E-state index in [9.17, 15) is 18.0 Å². The number of likely N-dealkylation sites (N-methyl/N-ethyl adjacent to an activating group) is 1. The van der Waals surface area contributed by atoms with Gasteiger partial charge >= 0.3 is 0 Å². The van der Waals surface area contributed by atoms with Crippen LogP contribution in [0.25, 0.3) is 0 Å². The Kier molecular flexibility index (Phi) is 10.4. The van der Waals surface area contributed by atoms with E-state index in [0.29, 0.717) is 11.6 Å². The zero-order valence-corrected chi connectivity index (χ0v) is 25.2. The van der Waals surface area contributed by atoms with Gasteiger partial charge in [-0.05, 0) is 55.3 Å². The largest absolute Gasteiger partial charge is 0.355 e. The van der Waals surface area contributed by atoms with Gasteiger partial charge in [0.2, 0.25) is 11.8 Å². The van der Waals surface area contributed by atoms with E-state index in [1.807, 2.05) is 74.5 Å². The van der Waals surface area contributed by atoms with Crippen molar-refractivity contribution in [3.05, 3.63) is 131 Å². The summed E-state index contributed by atoms with van der Waals surface area (Å²) in [4.78, 5) is 29.3. The fraction of sp³-hybridized carbons (Fsp3) is 0.212. The molecule has 0 fully saturated rings. The summed E-state index contributed by atoms with van der Waals surface area (Å²) in [5.74, 6) is -0.844. The van der Waals surface area contributed by atoms with Gasteiger partial charge in [-0.1, -0.05) is 96.0 Å². The van der Waals surface area contributed by atoms with Crippen molar-refractivity contribution in [2.75, 3.05) is 17.4 Å². The normalized spacial score (nSPS) is 11.9. The molecule has 9 heteroatoms. The molecule has 4 aromatic rings. The monoisotopic (exact) mass is 603 g/mol. The van der Waals surface area contributed by atoms with E-state index in [2.05, 4.69) is 5.32 Å². The molecule has 0 heterocycles. The van der Waals surface area contributed by atoms with Gasteiger partial charge in [-0.15, -0.1) is 0 Å². The van der Waals surface area contributed by atoms with E-state index in [1.54, 1.807) is 30.3 Å². The standard InChI is InChI=1S/C33H34ClN3O4S/c1-3-35-33(39)31(21-26-11-6-4-7-12-26)36(23-27-13-8-5-9-14-27)32(38)24-37(29-16-10-15-28(34)22-29)42(40,41)30-19-17-25(2)18-20-30/h4-20,22,31H,3,21,23-24H2,1-2H3,(H,35,39)/t31-/m1/s1. The first-order valence-electron chi connectivity index (χ1n) is 13.7. The van der Waals surface area contributed by atoms with Crippen LogP contribution in [-0.2, 0) is 32.6 Å². The third kappa shape index (κ3) is 7.78. The van der Waals surface area contributed by atoms with E-state index in [1.165, 1.54) is 23.1 Å². The summed E-state index contributed by atoms with van der Waals surface area (Å²) in [5, 5.41) is 3.19. The minimum absolute atomic E-state index is 0.0417. The second-order valence-corrected chi connectivity index (χ2v) is 12.2. The Morgan fingerprint density at radius 3 is 2.05 bits per heavy atom. The summed E-state index contributed by atoms with van der Waals surface area (Å²) < 4.78 is 29.1. The van der Waals surface area contributed by atoms with Gasteiger partial charge in [-0.25, -0.2) is 8.42 Å². The molecular formula is C33H34ClN3O4S. The van der Waals surface area contributed by atoms with Gasteiger partial charge in [-0.2, -0.15) is 0 Å². The lowest BCUT2D eigenvalue weighted by atomic mass is 10.0. The highest BCUT2D eigenvalue weighted by Crippen LogP contribution is 2.27. The molecule has 1 atom stereocenters. The lowest BCUT2D eigenvalue weighted by molar-refractivity contribution is -0.140. The zero-order valence-electron chi connectivity index (χ0n) is 23.6. The van der Waals surface area contributed by atoms with Gasteiger partial charge in [-0.3, -0.25) is 13.9 Å². The molecule has 4 rings (SSSR count). The number of carbonyl (C=O) groups excluding carboxylic acids is 2. The van der Waals surface area contributed by atoms with Crippen molar-refractivity contribution < 1.29 is 18.0 Å². The molecule has 0 saturated heterocycles. The molecule has 42 heavy (non-hydrogen) atoms. The Balaban J connectivity index is 1.78. The molecule has 0 aliphatic heterocycles. The van der Waals surface area contributed by atoms with E-state index >= 15 is 0 Å². The number of halogens is 1. The highest BCUT2D eigenvalue weighted by molar-refractivity contribution is 7.92. The fourth-order valence-electron chi connectivity index (χ4n) is 4.62. The van der Waals surface area contributed by atoms with Crippen LogP contribution < -0.4 is 9.62 Å². The van der Waals surface area contributed by atoms with E-state index in [0.717, 1.165) is 21.0 Å². The van der Waals surface area contributed by atoms with Crippen LogP contribution in [0.3, 0.4) is 0 Å². The van der Waals surface area contributed by atoms with Crippen LogP contribution in [0.4, 0.5) is 5.69 Å². The fourth-order valence-corrected chi connectivity index (χ4v) is 6.21. The number of nitrogens with zero attached hydrogens (tertiary/aromatic N) is 2. The van der Waals surface area contributed by atoms with Crippen molar-refractivity contribution in [2.45, 2.75) is 37.8 Å².